The van der Waals surface area contributed by atoms with Gasteiger partial charge < -0.3 is 10.3 Å². The van der Waals surface area contributed by atoms with Crippen LogP contribution in [-0.4, -0.2) is 21.6 Å². The molecular formula is C13H11ClFN3O2S. The molecule has 0 fully saturated rings. The molecule has 8 heteroatoms. The summed E-state index contributed by atoms with van der Waals surface area (Å²) < 4.78 is 13.6. The van der Waals surface area contributed by atoms with Crippen LogP contribution in [0.2, 0.25) is 5.02 Å². The Hall–Kier alpha value is -1.86. The number of aryl methyl sites for hydroxylation is 1. The van der Waals surface area contributed by atoms with Gasteiger partial charge in [0.15, 0.2) is 11.0 Å². The van der Waals surface area contributed by atoms with Crippen LogP contribution in [0, 0.1) is 12.7 Å². The predicted octanol–water partition coefficient (Wildman–Crippen LogP) is 2.60. The number of benzene rings is 1. The molecule has 1 aromatic carbocycles. The van der Waals surface area contributed by atoms with Crippen molar-refractivity contribution in [3.63, 3.8) is 0 Å². The second-order valence-corrected chi connectivity index (χ2v) is 5.50. The van der Waals surface area contributed by atoms with Crippen molar-refractivity contribution in [2.45, 2.75) is 12.1 Å². The first-order chi connectivity index (χ1) is 9.95. The fourth-order valence-electron chi connectivity index (χ4n) is 1.54. The van der Waals surface area contributed by atoms with Gasteiger partial charge in [-0.05, 0) is 19.1 Å². The van der Waals surface area contributed by atoms with E-state index in [1.807, 2.05) is 0 Å². The molecule has 0 spiro atoms. The predicted molar refractivity (Wildman–Crippen MR) is 80.4 cm³/mol. The number of carbonyl (C=O) groups excluding carboxylic acids is 1. The van der Waals surface area contributed by atoms with Gasteiger partial charge in [0.2, 0.25) is 5.91 Å². The molecular weight excluding hydrogens is 317 g/mol. The summed E-state index contributed by atoms with van der Waals surface area (Å²) in [7, 11) is 0. The van der Waals surface area contributed by atoms with E-state index in [1.54, 1.807) is 6.92 Å². The highest BCUT2D eigenvalue weighted by Crippen LogP contribution is 2.22. The average molecular weight is 328 g/mol. The lowest BCUT2D eigenvalue weighted by atomic mass is 10.3. The molecule has 2 aromatic rings. The summed E-state index contributed by atoms with van der Waals surface area (Å²) in [5.74, 6) is -1.12. The molecule has 1 heterocycles. The Morgan fingerprint density at radius 1 is 1.52 bits per heavy atom. The van der Waals surface area contributed by atoms with Crippen molar-refractivity contribution >= 4 is 35.0 Å². The number of aromatic amines is 1. The minimum absolute atomic E-state index is 0.0128. The summed E-state index contributed by atoms with van der Waals surface area (Å²) in [6.45, 7) is 1.68. The van der Waals surface area contributed by atoms with E-state index in [4.69, 9.17) is 11.6 Å². The van der Waals surface area contributed by atoms with Gasteiger partial charge >= 0.3 is 0 Å². The van der Waals surface area contributed by atoms with Crippen LogP contribution in [0.1, 0.15) is 5.69 Å². The van der Waals surface area contributed by atoms with Gasteiger partial charge in [-0.2, -0.15) is 0 Å². The van der Waals surface area contributed by atoms with Crippen LogP contribution in [0.5, 0.6) is 0 Å². The summed E-state index contributed by atoms with van der Waals surface area (Å²) in [4.78, 5) is 29.6. The molecule has 2 N–H and O–H groups in total. The SMILES string of the molecule is Cc1cc(=O)[nH]c(SCC(=O)Nc2cccc(Cl)c2F)n1. The Kier molecular flexibility index (Phi) is 4.98. The number of carbonyl (C=O) groups is 1. The summed E-state index contributed by atoms with van der Waals surface area (Å²) in [6.07, 6.45) is 0. The van der Waals surface area contributed by atoms with Gasteiger partial charge in [0.25, 0.3) is 5.56 Å². The van der Waals surface area contributed by atoms with Gasteiger partial charge in [-0.1, -0.05) is 29.4 Å². The van der Waals surface area contributed by atoms with Crippen molar-refractivity contribution in [3.8, 4) is 0 Å². The van der Waals surface area contributed by atoms with E-state index in [9.17, 15) is 14.0 Å². The van der Waals surface area contributed by atoms with Gasteiger partial charge in [-0.15, -0.1) is 0 Å². The molecule has 0 aliphatic carbocycles. The first-order valence-electron chi connectivity index (χ1n) is 5.90. The van der Waals surface area contributed by atoms with Gasteiger partial charge in [-0.3, -0.25) is 9.59 Å². The van der Waals surface area contributed by atoms with E-state index in [1.165, 1.54) is 24.3 Å². The summed E-state index contributed by atoms with van der Waals surface area (Å²) in [5.41, 5.74) is 0.285. The maximum absolute atomic E-state index is 13.6. The van der Waals surface area contributed by atoms with Crippen molar-refractivity contribution in [1.82, 2.24) is 9.97 Å². The molecule has 110 valence electrons. The van der Waals surface area contributed by atoms with Crippen LogP contribution >= 0.6 is 23.4 Å². The number of nitrogens with one attached hydrogen (secondary N) is 2. The number of halogens is 2. The number of H-pyrrole nitrogens is 1. The molecule has 21 heavy (non-hydrogen) atoms. The molecule has 0 atom stereocenters. The van der Waals surface area contributed by atoms with Gasteiger partial charge in [0, 0.05) is 11.8 Å². The minimum Gasteiger partial charge on any atom is -0.323 e. The lowest BCUT2D eigenvalue weighted by Gasteiger charge is -2.07. The smallest absolute Gasteiger partial charge is 0.251 e. The van der Waals surface area contributed by atoms with E-state index in [0.29, 0.717) is 10.9 Å². The molecule has 1 amide bonds. The fraction of sp³-hybridized carbons (Fsp3) is 0.154. The highest BCUT2D eigenvalue weighted by Gasteiger charge is 2.10. The number of rotatable bonds is 4. The molecule has 0 radical (unpaired) electrons. The second kappa shape index (κ2) is 6.73. The van der Waals surface area contributed by atoms with E-state index < -0.39 is 11.7 Å². The third-order valence-electron chi connectivity index (χ3n) is 2.41. The van der Waals surface area contributed by atoms with Crippen LogP contribution in [0.4, 0.5) is 10.1 Å². The lowest BCUT2D eigenvalue weighted by Crippen LogP contribution is -2.16. The highest BCUT2D eigenvalue weighted by atomic mass is 35.5. The van der Waals surface area contributed by atoms with Crippen molar-refractivity contribution in [3.05, 3.63) is 51.2 Å². The van der Waals surface area contributed by atoms with E-state index >= 15 is 0 Å². The monoisotopic (exact) mass is 327 g/mol. The number of nitrogens with zero attached hydrogens (tertiary/aromatic N) is 1. The van der Waals surface area contributed by atoms with Crippen LogP contribution < -0.4 is 10.9 Å². The van der Waals surface area contributed by atoms with Crippen molar-refractivity contribution in [2.75, 3.05) is 11.1 Å². The first kappa shape index (κ1) is 15.5. The molecule has 0 aliphatic rings. The zero-order valence-electron chi connectivity index (χ0n) is 10.9. The maximum Gasteiger partial charge on any atom is 0.251 e. The van der Waals surface area contributed by atoms with Crippen LogP contribution in [0.15, 0.2) is 34.2 Å². The Bertz CT molecular complexity index is 736. The molecule has 0 unspecified atom stereocenters. The Morgan fingerprint density at radius 3 is 3.00 bits per heavy atom. The fourth-order valence-corrected chi connectivity index (χ4v) is 2.44. The number of anilines is 1. The number of hydrogen-bond acceptors (Lipinski definition) is 4. The highest BCUT2D eigenvalue weighted by molar-refractivity contribution is 7.99. The third kappa shape index (κ3) is 4.30. The normalized spacial score (nSPS) is 10.4. The van der Waals surface area contributed by atoms with E-state index in [2.05, 4.69) is 15.3 Å². The molecule has 2 rings (SSSR count). The van der Waals surface area contributed by atoms with Gasteiger partial charge in [0.05, 0.1) is 16.5 Å². The zero-order valence-corrected chi connectivity index (χ0v) is 12.5. The largest absolute Gasteiger partial charge is 0.323 e. The molecule has 1 aromatic heterocycles. The number of aromatic nitrogens is 2. The Labute approximate surface area is 128 Å². The lowest BCUT2D eigenvalue weighted by molar-refractivity contribution is -0.113. The van der Waals surface area contributed by atoms with Crippen molar-refractivity contribution in [1.29, 1.82) is 0 Å². The summed E-state index contributed by atoms with van der Waals surface area (Å²) in [5, 5.41) is 2.68. The molecule has 5 nitrogen and oxygen atoms in total. The van der Waals surface area contributed by atoms with Gasteiger partial charge in [0.1, 0.15) is 0 Å². The zero-order chi connectivity index (χ0) is 15.4. The average Bonchev–Trinajstić information content (AvgIpc) is 2.41. The summed E-state index contributed by atoms with van der Waals surface area (Å²) >= 11 is 6.68. The number of thioether (sulfide) groups is 1. The molecule has 0 aliphatic heterocycles. The number of amides is 1. The molecule has 0 bridgehead atoms. The van der Waals surface area contributed by atoms with Crippen molar-refractivity contribution < 1.29 is 9.18 Å². The van der Waals surface area contributed by atoms with Gasteiger partial charge in [-0.25, -0.2) is 9.37 Å². The molecule has 0 saturated carbocycles. The number of hydrogen-bond donors (Lipinski definition) is 2. The third-order valence-corrected chi connectivity index (χ3v) is 3.58. The summed E-state index contributed by atoms with van der Waals surface area (Å²) in [6, 6.07) is 5.69. The van der Waals surface area contributed by atoms with Crippen LogP contribution in [0.3, 0.4) is 0 Å². The minimum atomic E-state index is -0.681. The second-order valence-electron chi connectivity index (χ2n) is 4.13. The Balaban J connectivity index is 1.99. The van der Waals surface area contributed by atoms with Crippen LogP contribution in [-0.2, 0) is 4.79 Å². The molecule has 0 saturated heterocycles. The van der Waals surface area contributed by atoms with E-state index in [-0.39, 0.29) is 22.0 Å². The van der Waals surface area contributed by atoms with Crippen LogP contribution in [0.25, 0.3) is 0 Å². The van der Waals surface area contributed by atoms with Crippen molar-refractivity contribution in [2.24, 2.45) is 0 Å². The quantitative estimate of drug-likeness (QED) is 0.668. The first-order valence-corrected chi connectivity index (χ1v) is 7.26. The topological polar surface area (TPSA) is 74.8 Å². The standard InChI is InChI=1S/C13H11ClFN3O2S/c1-7-5-10(19)18-13(16-7)21-6-11(20)17-9-4-2-3-8(14)12(9)15/h2-5H,6H2,1H3,(H,17,20)(H,16,18,19). The van der Waals surface area contributed by atoms with E-state index in [0.717, 1.165) is 11.8 Å². The maximum atomic E-state index is 13.6. The Morgan fingerprint density at radius 2 is 2.29 bits per heavy atom.